The Hall–Kier alpha value is -1.52. The number of nitrogens with zero attached hydrogens (tertiary/aromatic N) is 2. The lowest BCUT2D eigenvalue weighted by Crippen LogP contribution is -1.70. The summed E-state index contributed by atoms with van der Waals surface area (Å²) < 4.78 is 0. The molecule has 0 amide bonds. The molecule has 1 aromatic carbocycles. The van der Waals surface area contributed by atoms with Crippen molar-refractivity contribution in [3.63, 3.8) is 0 Å². The zero-order valence-corrected chi connectivity index (χ0v) is 16.2. The van der Waals surface area contributed by atoms with Gasteiger partial charge in [-0.25, -0.2) is 0 Å². The van der Waals surface area contributed by atoms with Crippen LogP contribution in [0.4, 0.5) is 0 Å². The van der Waals surface area contributed by atoms with E-state index in [1.54, 1.807) is 24.8 Å². The second-order valence-corrected chi connectivity index (χ2v) is 4.20. The van der Waals surface area contributed by atoms with Crippen molar-refractivity contribution in [3.05, 3.63) is 96.6 Å². The fraction of sp³-hybridized carbons (Fsp3) is 0.111. The number of aromatic nitrogens is 2. The molecule has 3 aromatic rings. The maximum absolute atomic E-state index is 3.78. The molecule has 2 nitrogen and oxygen atoms in total. The SMILES string of the molecule is Br.Br.Cc1ccc(C)cc1.c1ccncc1.c1ccncc1. The standard InChI is InChI=1S/C8H10.2C5H5N.2BrH/c1-7-3-5-8(2)6-4-7;2*1-2-4-6-5-3-1;;/h3-6H,1-2H3;2*1-5H;2*1H. The van der Waals surface area contributed by atoms with Gasteiger partial charge in [0.2, 0.25) is 0 Å². The van der Waals surface area contributed by atoms with Crippen LogP contribution in [0.25, 0.3) is 0 Å². The molecule has 0 saturated heterocycles. The normalized spacial score (nSPS) is 7.73. The first-order chi connectivity index (χ1) is 9.79. The summed E-state index contributed by atoms with van der Waals surface area (Å²) in [6.45, 7) is 4.19. The molecule has 0 unspecified atom stereocenters. The second kappa shape index (κ2) is 15.9. The first-order valence-electron chi connectivity index (χ1n) is 6.52. The van der Waals surface area contributed by atoms with Gasteiger partial charge in [0.25, 0.3) is 0 Å². The van der Waals surface area contributed by atoms with Gasteiger partial charge in [0.15, 0.2) is 0 Å². The molecule has 0 atom stereocenters. The highest BCUT2D eigenvalue weighted by molar-refractivity contribution is 8.93. The minimum atomic E-state index is 0. The maximum Gasteiger partial charge on any atom is 0.0267 e. The summed E-state index contributed by atoms with van der Waals surface area (Å²) in [5.74, 6) is 0. The molecule has 22 heavy (non-hydrogen) atoms. The highest BCUT2D eigenvalue weighted by atomic mass is 79.9. The van der Waals surface area contributed by atoms with Crippen molar-refractivity contribution in [2.24, 2.45) is 0 Å². The van der Waals surface area contributed by atoms with Gasteiger partial charge in [-0.2, -0.15) is 0 Å². The lowest BCUT2D eigenvalue weighted by molar-refractivity contribution is 1.33. The quantitative estimate of drug-likeness (QED) is 0.466. The third kappa shape index (κ3) is 13.5. The highest BCUT2D eigenvalue weighted by Crippen LogP contribution is 1.99. The minimum absolute atomic E-state index is 0. The molecule has 3 rings (SSSR count). The molecule has 2 aromatic heterocycles. The summed E-state index contributed by atoms with van der Waals surface area (Å²) in [6, 6.07) is 19.9. The van der Waals surface area contributed by atoms with Crippen LogP contribution >= 0.6 is 34.0 Å². The monoisotopic (exact) mass is 424 g/mol. The molecular formula is C18H22Br2N2. The lowest BCUT2D eigenvalue weighted by atomic mass is 10.2. The molecule has 2 heterocycles. The van der Waals surface area contributed by atoms with Crippen LogP contribution in [-0.2, 0) is 0 Å². The predicted molar refractivity (Wildman–Crippen MR) is 105 cm³/mol. The van der Waals surface area contributed by atoms with E-state index in [2.05, 4.69) is 48.1 Å². The second-order valence-electron chi connectivity index (χ2n) is 4.20. The Kier molecular flexibility index (Phi) is 16.4. The van der Waals surface area contributed by atoms with Crippen molar-refractivity contribution in [1.82, 2.24) is 9.97 Å². The van der Waals surface area contributed by atoms with Gasteiger partial charge in [0.05, 0.1) is 0 Å². The predicted octanol–water partition coefficient (Wildman–Crippen LogP) is 5.62. The van der Waals surface area contributed by atoms with Gasteiger partial charge in [-0.3, -0.25) is 9.97 Å². The molecule has 0 radical (unpaired) electrons. The van der Waals surface area contributed by atoms with E-state index in [1.807, 2.05) is 36.4 Å². The van der Waals surface area contributed by atoms with E-state index in [1.165, 1.54) is 11.1 Å². The van der Waals surface area contributed by atoms with Crippen LogP contribution in [0.2, 0.25) is 0 Å². The zero-order valence-electron chi connectivity index (χ0n) is 12.8. The third-order valence-corrected chi connectivity index (χ3v) is 2.35. The molecule has 0 saturated carbocycles. The van der Waals surface area contributed by atoms with Gasteiger partial charge >= 0.3 is 0 Å². The lowest BCUT2D eigenvalue weighted by Gasteiger charge is -1.90. The fourth-order valence-electron chi connectivity index (χ4n) is 1.26. The summed E-state index contributed by atoms with van der Waals surface area (Å²) in [5.41, 5.74) is 2.66. The summed E-state index contributed by atoms with van der Waals surface area (Å²) in [7, 11) is 0. The largest absolute Gasteiger partial charge is 0.265 e. The van der Waals surface area contributed by atoms with Crippen LogP contribution < -0.4 is 0 Å². The summed E-state index contributed by atoms with van der Waals surface area (Å²) >= 11 is 0. The maximum atomic E-state index is 3.78. The molecule has 4 heteroatoms. The van der Waals surface area contributed by atoms with Gasteiger partial charge in [-0.1, -0.05) is 47.5 Å². The van der Waals surface area contributed by atoms with E-state index in [0.717, 1.165) is 0 Å². The Morgan fingerprint density at radius 2 is 0.773 bits per heavy atom. The number of aryl methyl sites for hydroxylation is 2. The molecule has 0 N–H and O–H groups in total. The smallest absolute Gasteiger partial charge is 0.0267 e. The summed E-state index contributed by atoms with van der Waals surface area (Å²) in [5, 5.41) is 0. The molecule has 0 spiro atoms. The van der Waals surface area contributed by atoms with E-state index in [9.17, 15) is 0 Å². The number of halogens is 2. The molecular weight excluding hydrogens is 404 g/mol. The third-order valence-electron chi connectivity index (χ3n) is 2.35. The first-order valence-corrected chi connectivity index (χ1v) is 6.52. The van der Waals surface area contributed by atoms with Crippen molar-refractivity contribution in [1.29, 1.82) is 0 Å². The zero-order chi connectivity index (χ0) is 14.5. The van der Waals surface area contributed by atoms with E-state index >= 15 is 0 Å². The van der Waals surface area contributed by atoms with Gasteiger partial charge in [-0.15, -0.1) is 34.0 Å². The number of pyridine rings is 2. The topological polar surface area (TPSA) is 25.8 Å². The van der Waals surface area contributed by atoms with Gasteiger partial charge in [0.1, 0.15) is 0 Å². The van der Waals surface area contributed by atoms with Crippen LogP contribution in [0.3, 0.4) is 0 Å². The van der Waals surface area contributed by atoms with Crippen molar-refractivity contribution in [2.45, 2.75) is 13.8 Å². The Bertz CT molecular complexity index is 437. The molecule has 0 fully saturated rings. The number of hydrogen-bond donors (Lipinski definition) is 0. The minimum Gasteiger partial charge on any atom is -0.265 e. The Labute approximate surface area is 154 Å². The fourth-order valence-corrected chi connectivity index (χ4v) is 1.26. The van der Waals surface area contributed by atoms with E-state index < -0.39 is 0 Å². The van der Waals surface area contributed by atoms with E-state index in [-0.39, 0.29) is 34.0 Å². The van der Waals surface area contributed by atoms with Gasteiger partial charge in [0, 0.05) is 24.8 Å². The average Bonchev–Trinajstić information content (AvgIpc) is 2.55. The van der Waals surface area contributed by atoms with Crippen molar-refractivity contribution in [3.8, 4) is 0 Å². The number of hydrogen-bond acceptors (Lipinski definition) is 2. The molecule has 0 aliphatic heterocycles. The summed E-state index contributed by atoms with van der Waals surface area (Å²) in [6.07, 6.45) is 7.00. The van der Waals surface area contributed by atoms with Crippen LogP contribution in [0, 0.1) is 13.8 Å². The Morgan fingerprint density at radius 1 is 0.500 bits per heavy atom. The van der Waals surface area contributed by atoms with Gasteiger partial charge in [-0.05, 0) is 38.1 Å². The van der Waals surface area contributed by atoms with Crippen LogP contribution in [0.1, 0.15) is 11.1 Å². The van der Waals surface area contributed by atoms with Crippen LogP contribution in [0.5, 0.6) is 0 Å². The van der Waals surface area contributed by atoms with Crippen molar-refractivity contribution < 1.29 is 0 Å². The summed E-state index contributed by atoms with van der Waals surface area (Å²) in [4.78, 5) is 7.57. The molecule has 0 bridgehead atoms. The molecule has 118 valence electrons. The highest BCUT2D eigenvalue weighted by Gasteiger charge is 1.79. The average molecular weight is 426 g/mol. The van der Waals surface area contributed by atoms with Gasteiger partial charge < -0.3 is 0 Å². The van der Waals surface area contributed by atoms with E-state index in [4.69, 9.17) is 0 Å². The Balaban J connectivity index is 0. The molecule has 0 aliphatic carbocycles. The number of rotatable bonds is 0. The first kappa shape index (κ1) is 22.8. The van der Waals surface area contributed by atoms with Crippen LogP contribution in [0.15, 0.2) is 85.5 Å². The molecule has 0 aliphatic rings. The number of benzene rings is 1. The Morgan fingerprint density at radius 3 is 0.909 bits per heavy atom. The van der Waals surface area contributed by atoms with E-state index in [0.29, 0.717) is 0 Å². The van der Waals surface area contributed by atoms with Crippen molar-refractivity contribution >= 4 is 34.0 Å². The van der Waals surface area contributed by atoms with Crippen molar-refractivity contribution in [2.75, 3.05) is 0 Å². The van der Waals surface area contributed by atoms with Crippen LogP contribution in [-0.4, -0.2) is 9.97 Å².